The molecule has 0 saturated carbocycles. The largest absolute Gasteiger partial charge is 0.496 e. The Morgan fingerprint density at radius 1 is 1.47 bits per heavy atom. The molecule has 7 heteroatoms. The van der Waals surface area contributed by atoms with E-state index >= 15 is 0 Å². The summed E-state index contributed by atoms with van der Waals surface area (Å²) in [4.78, 5) is 23.3. The number of carbonyl (C=O) groups is 1. The Morgan fingerprint density at radius 3 is 2.68 bits per heavy atom. The van der Waals surface area contributed by atoms with Gasteiger partial charge >= 0.3 is 0 Å². The molecule has 1 aromatic carbocycles. The van der Waals surface area contributed by atoms with Gasteiger partial charge in [-0.1, -0.05) is 0 Å². The normalized spacial score (nSPS) is 9.84. The Hall–Kier alpha value is -2.31. The van der Waals surface area contributed by atoms with Crippen molar-refractivity contribution in [2.75, 3.05) is 33.1 Å². The van der Waals surface area contributed by atoms with Gasteiger partial charge in [-0.05, 0) is 12.1 Å². The topological polar surface area (TPSA) is 84.7 Å². The number of ether oxygens (including phenoxy) is 1. The van der Waals surface area contributed by atoms with Gasteiger partial charge in [0.1, 0.15) is 11.4 Å². The number of amides is 1. The van der Waals surface area contributed by atoms with E-state index < -0.39 is 4.92 Å². The van der Waals surface area contributed by atoms with Crippen LogP contribution >= 0.6 is 0 Å². The fourth-order valence-corrected chi connectivity index (χ4v) is 1.47. The van der Waals surface area contributed by atoms with Crippen LogP contribution in [-0.4, -0.2) is 43.5 Å². The van der Waals surface area contributed by atoms with E-state index in [4.69, 9.17) is 4.74 Å². The van der Waals surface area contributed by atoms with Crippen LogP contribution in [0.1, 0.15) is 6.42 Å². The maximum absolute atomic E-state index is 11.4. The molecule has 0 aliphatic rings. The monoisotopic (exact) mass is 267 g/mol. The molecule has 0 radical (unpaired) electrons. The molecule has 0 atom stereocenters. The molecular weight excluding hydrogens is 250 g/mol. The maximum atomic E-state index is 11.4. The van der Waals surface area contributed by atoms with Gasteiger partial charge in [0.15, 0.2) is 0 Å². The number of nitro groups is 1. The van der Waals surface area contributed by atoms with Gasteiger partial charge in [0.2, 0.25) is 5.91 Å². The first-order chi connectivity index (χ1) is 8.95. The zero-order valence-electron chi connectivity index (χ0n) is 11.2. The second-order valence-electron chi connectivity index (χ2n) is 4.11. The summed E-state index contributed by atoms with van der Waals surface area (Å²) in [5.74, 6) is 0.380. The highest BCUT2D eigenvalue weighted by atomic mass is 16.6. The van der Waals surface area contributed by atoms with Crippen molar-refractivity contribution < 1.29 is 14.5 Å². The van der Waals surface area contributed by atoms with Crippen molar-refractivity contribution in [1.29, 1.82) is 0 Å². The van der Waals surface area contributed by atoms with E-state index in [1.807, 2.05) is 0 Å². The second-order valence-corrected chi connectivity index (χ2v) is 4.11. The summed E-state index contributed by atoms with van der Waals surface area (Å²) >= 11 is 0. The maximum Gasteiger partial charge on any atom is 0.296 e. The second kappa shape index (κ2) is 6.58. The van der Waals surface area contributed by atoms with E-state index in [0.29, 0.717) is 18.0 Å². The highest BCUT2D eigenvalue weighted by molar-refractivity contribution is 5.76. The lowest BCUT2D eigenvalue weighted by Crippen LogP contribution is -2.24. The number of hydrogen-bond donors (Lipinski definition) is 1. The predicted molar refractivity (Wildman–Crippen MR) is 71.4 cm³/mol. The fourth-order valence-electron chi connectivity index (χ4n) is 1.47. The van der Waals surface area contributed by atoms with Gasteiger partial charge in [-0.25, -0.2) is 0 Å². The van der Waals surface area contributed by atoms with Gasteiger partial charge in [0.05, 0.1) is 18.1 Å². The molecule has 104 valence electrons. The van der Waals surface area contributed by atoms with Crippen molar-refractivity contribution in [3.63, 3.8) is 0 Å². The van der Waals surface area contributed by atoms with Gasteiger partial charge in [0, 0.05) is 27.1 Å². The summed E-state index contributed by atoms with van der Waals surface area (Å²) in [7, 11) is 4.78. The smallest absolute Gasteiger partial charge is 0.296 e. The van der Waals surface area contributed by atoms with Crippen molar-refractivity contribution in [3.8, 4) is 5.75 Å². The number of methoxy groups -OCH3 is 1. The van der Waals surface area contributed by atoms with Crippen LogP contribution in [0.3, 0.4) is 0 Å². The average molecular weight is 267 g/mol. The minimum atomic E-state index is -0.487. The number of hydrogen-bond acceptors (Lipinski definition) is 5. The van der Waals surface area contributed by atoms with E-state index in [1.165, 1.54) is 18.1 Å². The van der Waals surface area contributed by atoms with Crippen molar-refractivity contribution in [1.82, 2.24) is 4.90 Å². The van der Waals surface area contributed by atoms with Gasteiger partial charge < -0.3 is 15.0 Å². The minimum absolute atomic E-state index is 0.0383. The van der Waals surface area contributed by atoms with Gasteiger partial charge in [0.25, 0.3) is 5.69 Å². The quantitative estimate of drug-likeness (QED) is 0.623. The Balaban J connectivity index is 2.72. The van der Waals surface area contributed by atoms with Crippen LogP contribution in [-0.2, 0) is 4.79 Å². The van der Waals surface area contributed by atoms with E-state index in [0.717, 1.165) is 0 Å². The van der Waals surface area contributed by atoms with Crippen LogP contribution in [0.15, 0.2) is 18.2 Å². The molecule has 0 aliphatic carbocycles. The zero-order chi connectivity index (χ0) is 14.4. The molecule has 1 N–H and O–H groups in total. The lowest BCUT2D eigenvalue weighted by molar-refractivity contribution is -0.384. The Bertz CT molecular complexity index is 474. The third-order valence-corrected chi connectivity index (χ3v) is 2.55. The third kappa shape index (κ3) is 4.13. The van der Waals surface area contributed by atoms with Crippen LogP contribution in [0.25, 0.3) is 0 Å². The molecule has 0 aromatic heterocycles. The Morgan fingerprint density at radius 2 is 2.16 bits per heavy atom. The fraction of sp³-hybridized carbons (Fsp3) is 0.417. The van der Waals surface area contributed by atoms with Crippen molar-refractivity contribution in [2.45, 2.75) is 6.42 Å². The van der Waals surface area contributed by atoms with Crippen molar-refractivity contribution in [3.05, 3.63) is 28.3 Å². The minimum Gasteiger partial charge on any atom is -0.496 e. The molecular formula is C12H17N3O4. The lowest BCUT2D eigenvalue weighted by Gasteiger charge is -2.11. The highest BCUT2D eigenvalue weighted by Crippen LogP contribution is 2.28. The van der Waals surface area contributed by atoms with Crippen LogP contribution in [0.2, 0.25) is 0 Å². The summed E-state index contributed by atoms with van der Waals surface area (Å²) in [5.41, 5.74) is 0.300. The number of benzene rings is 1. The molecule has 1 rings (SSSR count). The standard InChI is InChI=1S/C12H17N3O4/c1-14(2)12(16)6-7-13-10-5-4-9(19-3)8-11(10)15(17)18/h4-5,8,13H,6-7H2,1-3H3. The van der Waals surface area contributed by atoms with Gasteiger partial charge in [-0.2, -0.15) is 0 Å². The lowest BCUT2D eigenvalue weighted by atomic mass is 10.2. The van der Waals surface area contributed by atoms with E-state index in [-0.39, 0.29) is 18.0 Å². The number of rotatable bonds is 6. The summed E-state index contributed by atoms with van der Waals surface area (Å²) in [6, 6.07) is 4.54. The summed E-state index contributed by atoms with van der Waals surface area (Å²) in [5, 5.41) is 13.8. The zero-order valence-corrected chi connectivity index (χ0v) is 11.2. The van der Waals surface area contributed by atoms with Crippen LogP contribution < -0.4 is 10.1 Å². The van der Waals surface area contributed by atoms with Crippen LogP contribution in [0.4, 0.5) is 11.4 Å². The van der Waals surface area contributed by atoms with E-state index in [2.05, 4.69) is 5.32 Å². The molecule has 19 heavy (non-hydrogen) atoms. The first-order valence-electron chi connectivity index (χ1n) is 5.72. The highest BCUT2D eigenvalue weighted by Gasteiger charge is 2.15. The van der Waals surface area contributed by atoms with Gasteiger partial charge in [-0.3, -0.25) is 14.9 Å². The average Bonchev–Trinajstić information content (AvgIpc) is 2.38. The first-order valence-corrected chi connectivity index (χ1v) is 5.72. The van der Waals surface area contributed by atoms with Crippen molar-refractivity contribution in [2.24, 2.45) is 0 Å². The van der Waals surface area contributed by atoms with E-state index in [9.17, 15) is 14.9 Å². The third-order valence-electron chi connectivity index (χ3n) is 2.55. The van der Waals surface area contributed by atoms with Crippen LogP contribution in [0.5, 0.6) is 5.75 Å². The molecule has 0 aliphatic heterocycles. The molecule has 7 nitrogen and oxygen atoms in total. The molecule has 0 heterocycles. The number of carbonyl (C=O) groups excluding carboxylic acids is 1. The molecule has 0 bridgehead atoms. The van der Waals surface area contributed by atoms with E-state index in [1.54, 1.807) is 26.2 Å². The molecule has 0 saturated heterocycles. The Labute approximate surface area is 111 Å². The molecule has 0 spiro atoms. The van der Waals surface area contributed by atoms with Crippen LogP contribution in [0, 0.1) is 10.1 Å². The van der Waals surface area contributed by atoms with Gasteiger partial charge in [-0.15, -0.1) is 0 Å². The molecule has 1 aromatic rings. The molecule has 1 amide bonds. The summed E-state index contributed by atoms with van der Waals surface area (Å²) in [6.07, 6.45) is 0.274. The summed E-state index contributed by atoms with van der Waals surface area (Å²) < 4.78 is 4.94. The van der Waals surface area contributed by atoms with Crippen molar-refractivity contribution >= 4 is 17.3 Å². The number of nitrogens with zero attached hydrogens (tertiary/aromatic N) is 2. The number of nitrogens with one attached hydrogen (secondary N) is 1. The predicted octanol–water partition coefficient (Wildman–Crippen LogP) is 1.49. The Kier molecular flexibility index (Phi) is 5.11. The summed E-state index contributed by atoms with van der Waals surface area (Å²) in [6.45, 7) is 0.337. The first kappa shape index (κ1) is 14.7. The SMILES string of the molecule is COc1ccc(NCCC(=O)N(C)C)c([N+](=O)[O-])c1. The number of anilines is 1. The molecule has 0 unspecified atom stereocenters. The molecule has 0 fully saturated rings. The number of nitro benzene ring substituents is 1.